The lowest BCUT2D eigenvalue weighted by atomic mass is 10.2. The minimum atomic E-state index is -4.23. The van der Waals surface area contributed by atoms with Crippen molar-refractivity contribution in [1.82, 2.24) is 9.71 Å². The maximum Gasteiger partial charge on any atom is 0.300 e. The van der Waals surface area contributed by atoms with E-state index in [1.54, 1.807) is 31.2 Å². The number of furan rings is 1. The van der Waals surface area contributed by atoms with Crippen LogP contribution in [0.25, 0.3) is 21.9 Å². The van der Waals surface area contributed by atoms with Crippen LogP contribution in [0.15, 0.2) is 62.3 Å². The van der Waals surface area contributed by atoms with Crippen molar-refractivity contribution >= 4 is 53.7 Å². The average molecular weight is 463 g/mol. The van der Waals surface area contributed by atoms with E-state index in [1.165, 1.54) is 18.2 Å². The van der Waals surface area contributed by atoms with E-state index in [0.717, 1.165) is 6.07 Å². The van der Waals surface area contributed by atoms with Crippen molar-refractivity contribution in [3.63, 3.8) is 0 Å². The second-order valence-corrected chi connectivity index (χ2v) is 8.69. The first kappa shape index (κ1) is 18.6. The van der Waals surface area contributed by atoms with Gasteiger partial charge in [0.2, 0.25) is 0 Å². The highest BCUT2D eigenvalue weighted by Gasteiger charge is 2.24. The number of amides is 1. The van der Waals surface area contributed by atoms with E-state index in [-0.39, 0.29) is 27.1 Å². The van der Waals surface area contributed by atoms with Crippen LogP contribution in [0.4, 0.5) is 4.39 Å². The first-order chi connectivity index (χ1) is 13.2. The lowest BCUT2D eigenvalue weighted by Crippen LogP contribution is -2.30. The number of pyridine rings is 1. The van der Waals surface area contributed by atoms with E-state index in [9.17, 15) is 17.6 Å². The molecule has 0 bridgehead atoms. The largest absolute Gasteiger partial charge is 0.451 e. The summed E-state index contributed by atoms with van der Waals surface area (Å²) < 4.78 is 47.3. The molecule has 0 aliphatic heterocycles. The summed E-state index contributed by atoms with van der Waals surface area (Å²) in [5.41, 5.74) is 1.01. The SMILES string of the molecule is Cc1ccc2cccc(S(=O)(=O)NC(=O)c3cc4c(F)cc(Br)cc4o3)c2n1. The first-order valence-corrected chi connectivity index (χ1v) is 10.3. The zero-order valence-corrected chi connectivity index (χ0v) is 16.8. The third-order valence-electron chi connectivity index (χ3n) is 4.11. The fourth-order valence-corrected chi connectivity index (χ4v) is 4.38. The number of rotatable bonds is 3. The summed E-state index contributed by atoms with van der Waals surface area (Å²) in [5.74, 6) is -1.92. The zero-order chi connectivity index (χ0) is 20.1. The van der Waals surface area contributed by atoms with Crippen LogP contribution in [0.5, 0.6) is 0 Å². The summed E-state index contributed by atoms with van der Waals surface area (Å²) in [6.45, 7) is 1.74. The van der Waals surface area contributed by atoms with Crippen LogP contribution in [0, 0.1) is 12.7 Å². The second kappa shape index (κ2) is 6.68. The summed E-state index contributed by atoms with van der Waals surface area (Å²) in [6.07, 6.45) is 0. The van der Waals surface area contributed by atoms with E-state index >= 15 is 0 Å². The van der Waals surface area contributed by atoms with Crippen molar-refractivity contribution in [2.45, 2.75) is 11.8 Å². The fraction of sp³-hybridized carbons (Fsp3) is 0.0526. The number of benzene rings is 2. The number of halogens is 2. The minimum Gasteiger partial charge on any atom is -0.451 e. The monoisotopic (exact) mass is 462 g/mol. The maximum absolute atomic E-state index is 14.0. The van der Waals surface area contributed by atoms with Gasteiger partial charge in [-0.25, -0.2) is 17.5 Å². The molecule has 0 fully saturated rings. The third kappa shape index (κ3) is 3.27. The van der Waals surface area contributed by atoms with Crippen molar-refractivity contribution in [3.05, 3.63) is 70.3 Å². The van der Waals surface area contributed by atoms with Crippen LogP contribution in [0.3, 0.4) is 0 Å². The van der Waals surface area contributed by atoms with Crippen LogP contribution in [-0.4, -0.2) is 19.3 Å². The molecule has 0 spiro atoms. The molecule has 0 radical (unpaired) electrons. The Morgan fingerprint density at radius 1 is 1.18 bits per heavy atom. The van der Waals surface area contributed by atoms with Crippen LogP contribution in [-0.2, 0) is 10.0 Å². The van der Waals surface area contributed by atoms with Crippen molar-refractivity contribution in [3.8, 4) is 0 Å². The van der Waals surface area contributed by atoms with Gasteiger partial charge in [0.15, 0.2) is 5.76 Å². The molecule has 4 aromatic rings. The van der Waals surface area contributed by atoms with E-state index < -0.39 is 21.7 Å². The molecule has 142 valence electrons. The number of aromatic nitrogens is 1. The zero-order valence-electron chi connectivity index (χ0n) is 14.4. The van der Waals surface area contributed by atoms with Gasteiger partial charge in [-0.2, -0.15) is 0 Å². The Hall–Kier alpha value is -2.78. The average Bonchev–Trinajstić information content (AvgIpc) is 3.05. The van der Waals surface area contributed by atoms with Gasteiger partial charge in [-0.1, -0.05) is 34.1 Å². The Bertz CT molecular complexity index is 1370. The topological polar surface area (TPSA) is 89.3 Å². The van der Waals surface area contributed by atoms with Crippen LogP contribution < -0.4 is 4.72 Å². The number of para-hydroxylation sites is 1. The molecular formula is C19H12BrFN2O4S. The normalized spacial score (nSPS) is 11.8. The van der Waals surface area contributed by atoms with Gasteiger partial charge in [-0.15, -0.1) is 0 Å². The number of fused-ring (bicyclic) bond motifs is 2. The molecule has 0 saturated heterocycles. The predicted octanol–water partition coefficient (Wildman–Crippen LogP) is 4.31. The van der Waals surface area contributed by atoms with E-state index in [2.05, 4.69) is 20.9 Å². The molecule has 2 heterocycles. The fourth-order valence-electron chi connectivity index (χ4n) is 2.84. The Labute approximate surface area is 167 Å². The molecule has 0 saturated carbocycles. The highest BCUT2D eigenvalue weighted by molar-refractivity contribution is 9.10. The molecule has 4 rings (SSSR count). The van der Waals surface area contributed by atoms with E-state index in [1.807, 2.05) is 4.72 Å². The number of sulfonamides is 1. The number of nitrogens with one attached hydrogen (secondary N) is 1. The molecule has 9 heteroatoms. The minimum absolute atomic E-state index is 0.0770. The summed E-state index contributed by atoms with van der Waals surface area (Å²) >= 11 is 3.13. The number of hydrogen-bond donors (Lipinski definition) is 1. The first-order valence-electron chi connectivity index (χ1n) is 8.07. The summed E-state index contributed by atoms with van der Waals surface area (Å²) in [4.78, 5) is 16.6. The number of carbonyl (C=O) groups excluding carboxylic acids is 1. The molecule has 28 heavy (non-hydrogen) atoms. The Kier molecular flexibility index (Phi) is 4.43. The number of carbonyl (C=O) groups is 1. The molecule has 1 N–H and O–H groups in total. The van der Waals surface area contributed by atoms with Crippen molar-refractivity contribution < 1.29 is 22.0 Å². The van der Waals surface area contributed by atoms with Crippen LogP contribution >= 0.6 is 15.9 Å². The third-order valence-corrected chi connectivity index (χ3v) is 5.93. The van der Waals surface area contributed by atoms with Crippen molar-refractivity contribution in [2.24, 2.45) is 0 Å². The molecule has 0 unspecified atom stereocenters. The lowest BCUT2D eigenvalue weighted by molar-refractivity contribution is 0.0956. The number of nitrogens with zero attached hydrogens (tertiary/aromatic N) is 1. The summed E-state index contributed by atoms with van der Waals surface area (Å²) in [7, 11) is -4.23. The molecule has 0 aliphatic rings. The highest BCUT2D eigenvalue weighted by Crippen LogP contribution is 2.27. The summed E-state index contributed by atoms with van der Waals surface area (Å²) in [6, 6.07) is 12.0. The number of aryl methyl sites for hydroxylation is 1. The van der Waals surface area contributed by atoms with Gasteiger partial charge in [-0.3, -0.25) is 9.78 Å². The van der Waals surface area contributed by atoms with Crippen molar-refractivity contribution in [2.75, 3.05) is 0 Å². The van der Waals surface area contributed by atoms with Crippen LogP contribution in [0.2, 0.25) is 0 Å². The van der Waals surface area contributed by atoms with Gasteiger partial charge in [0.05, 0.1) is 10.9 Å². The molecule has 2 aromatic heterocycles. The quantitative estimate of drug-likeness (QED) is 0.489. The van der Waals surface area contributed by atoms with Gasteiger partial charge in [0, 0.05) is 21.6 Å². The highest BCUT2D eigenvalue weighted by atomic mass is 79.9. The van der Waals surface area contributed by atoms with Gasteiger partial charge in [0.25, 0.3) is 10.0 Å². The van der Waals surface area contributed by atoms with E-state index in [0.29, 0.717) is 15.6 Å². The number of hydrogen-bond acceptors (Lipinski definition) is 5. The Balaban J connectivity index is 1.73. The lowest BCUT2D eigenvalue weighted by Gasteiger charge is -2.08. The van der Waals surface area contributed by atoms with Gasteiger partial charge < -0.3 is 4.42 Å². The van der Waals surface area contributed by atoms with E-state index in [4.69, 9.17) is 4.42 Å². The molecule has 0 aliphatic carbocycles. The molecule has 2 aromatic carbocycles. The Morgan fingerprint density at radius 3 is 2.75 bits per heavy atom. The van der Waals surface area contributed by atoms with Gasteiger partial charge in [-0.05, 0) is 31.2 Å². The smallest absolute Gasteiger partial charge is 0.300 e. The molecule has 1 amide bonds. The van der Waals surface area contributed by atoms with Gasteiger partial charge in [0.1, 0.15) is 16.3 Å². The Morgan fingerprint density at radius 2 is 1.96 bits per heavy atom. The predicted molar refractivity (Wildman–Crippen MR) is 105 cm³/mol. The van der Waals surface area contributed by atoms with Crippen LogP contribution in [0.1, 0.15) is 16.2 Å². The standard InChI is InChI=1S/C19H12BrFN2O4S/c1-10-5-6-11-3-2-4-17(18(11)22-10)28(25,26)23-19(24)16-9-13-14(21)7-12(20)8-15(13)27-16/h2-9H,1H3,(H,23,24). The van der Waals surface area contributed by atoms with Crippen molar-refractivity contribution in [1.29, 1.82) is 0 Å². The molecule has 0 atom stereocenters. The summed E-state index contributed by atoms with van der Waals surface area (Å²) in [5, 5.41) is 0.699. The molecule has 6 nitrogen and oxygen atoms in total. The second-order valence-electron chi connectivity index (χ2n) is 6.13. The van der Waals surface area contributed by atoms with Gasteiger partial charge >= 0.3 is 5.91 Å². The maximum atomic E-state index is 14.0. The molecular weight excluding hydrogens is 451 g/mol.